The lowest BCUT2D eigenvalue weighted by atomic mass is 10.3. The molecule has 0 saturated heterocycles. The van der Waals surface area contributed by atoms with Gasteiger partial charge in [0.05, 0.1) is 12.2 Å². The molecule has 0 atom stereocenters. The molecule has 0 aliphatic carbocycles. The number of carbonyl (C=O) groups excluding carboxylic acids is 2. The highest BCUT2D eigenvalue weighted by atomic mass is 19.1. The largest absolute Gasteiger partial charge is 0.374 e. The normalized spacial score (nSPS) is 9.59. The second kappa shape index (κ2) is 5.78. The number of anilines is 1. The molecule has 1 aromatic carbocycles. The lowest BCUT2D eigenvalue weighted by Crippen LogP contribution is -2.40. The zero-order valence-electron chi connectivity index (χ0n) is 9.01. The van der Waals surface area contributed by atoms with Crippen molar-refractivity contribution >= 4 is 17.6 Å². The summed E-state index contributed by atoms with van der Waals surface area (Å²) in [4.78, 5) is 21.9. The molecule has 1 rings (SSSR count). The van der Waals surface area contributed by atoms with Gasteiger partial charge in [0.25, 0.3) is 0 Å². The number of benzene rings is 1. The maximum absolute atomic E-state index is 13.1. The monoisotopic (exact) mass is 243 g/mol. The molecule has 92 valence electrons. The lowest BCUT2D eigenvalue weighted by Gasteiger charge is -2.07. The van der Waals surface area contributed by atoms with E-state index in [2.05, 4.69) is 10.6 Å². The van der Waals surface area contributed by atoms with Crippen LogP contribution in [0.25, 0.3) is 0 Å². The maximum Gasteiger partial charge on any atom is 0.321 e. The Kier molecular flexibility index (Phi) is 4.38. The van der Waals surface area contributed by atoms with Crippen LogP contribution in [0.3, 0.4) is 0 Å². The van der Waals surface area contributed by atoms with Crippen LogP contribution < -0.4 is 16.0 Å². The SMILES string of the molecule is CNC(=O)NC(=O)CNc1cc(F)ccc1F. The summed E-state index contributed by atoms with van der Waals surface area (Å²) in [7, 11) is 1.35. The molecule has 17 heavy (non-hydrogen) atoms. The highest BCUT2D eigenvalue weighted by Crippen LogP contribution is 2.14. The number of nitrogens with one attached hydrogen (secondary N) is 3. The highest BCUT2D eigenvalue weighted by molar-refractivity contribution is 5.96. The van der Waals surface area contributed by atoms with Crippen LogP contribution in [0, 0.1) is 11.6 Å². The number of imide groups is 1. The van der Waals surface area contributed by atoms with Gasteiger partial charge < -0.3 is 10.6 Å². The van der Waals surface area contributed by atoms with Crippen LogP contribution in [0.4, 0.5) is 19.3 Å². The molecule has 3 amide bonds. The van der Waals surface area contributed by atoms with Gasteiger partial charge in [0, 0.05) is 7.05 Å². The van der Waals surface area contributed by atoms with Crippen molar-refractivity contribution < 1.29 is 18.4 Å². The number of halogens is 2. The fourth-order valence-corrected chi connectivity index (χ4v) is 1.04. The van der Waals surface area contributed by atoms with Gasteiger partial charge in [-0.05, 0) is 18.2 Å². The van der Waals surface area contributed by atoms with Crippen LogP contribution in [-0.2, 0) is 4.79 Å². The summed E-state index contributed by atoms with van der Waals surface area (Å²) in [5.41, 5.74) is -0.142. The summed E-state index contributed by atoms with van der Waals surface area (Å²) in [5.74, 6) is -1.97. The minimum atomic E-state index is -0.681. The Hall–Kier alpha value is -2.18. The van der Waals surface area contributed by atoms with Crippen LogP contribution in [0.1, 0.15) is 0 Å². The fraction of sp³-hybridized carbons (Fsp3) is 0.200. The quantitative estimate of drug-likeness (QED) is 0.736. The third-order valence-corrected chi connectivity index (χ3v) is 1.85. The number of hydrogen-bond acceptors (Lipinski definition) is 3. The first-order valence-corrected chi connectivity index (χ1v) is 4.73. The minimum Gasteiger partial charge on any atom is -0.374 e. The first kappa shape index (κ1) is 12.9. The standard InChI is InChI=1S/C10H11F2N3O2/c1-13-10(17)15-9(16)5-14-8-4-6(11)2-3-7(8)12/h2-4,14H,5H2,1H3,(H2,13,15,16,17). The van der Waals surface area contributed by atoms with Crippen molar-refractivity contribution in [3.05, 3.63) is 29.8 Å². The molecule has 0 aliphatic rings. The number of hydrogen-bond donors (Lipinski definition) is 3. The van der Waals surface area contributed by atoms with E-state index in [4.69, 9.17) is 0 Å². The van der Waals surface area contributed by atoms with Crippen molar-refractivity contribution in [1.29, 1.82) is 0 Å². The van der Waals surface area contributed by atoms with Gasteiger partial charge >= 0.3 is 6.03 Å². The first-order chi connectivity index (χ1) is 8.02. The molecule has 0 aliphatic heterocycles. The molecule has 0 fully saturated rings. The molecule has 0 bridgehead atoms. The molecule has 5 nitrogen and oxygen atoms in total. The Morgan fingerprint density at radius 1 is 1.29 bits per heavy atom. The van der Waals surface area contributed by atoms with Crippen LogP contribution in [0.5, 0.6) is 0 Å². The van der Waals surface area contributed by atoms with E-state index in [9.17, 15) is 18.4 Å². The van der Waals surface area contributed by atoms with Crippen molar-refractivity contribution in [2.45, 2.75) is 0 Å². The van der Waals surface area contributed by atoms with E-state index < -0.39 is 23.6 Å². The smallest absolute Gasteiger partial charge is 0.321 e. The highest BCUT2D eigenvalue weighted by Gasteiger charge is 2.08. The maximum atomic E-state index is 13.1. The second-order valence-corrected chi connectivity index (χ2v) is 3.11. The predicted octanol–water partition coefficient (Wildman–Crippen LogP) is 0.832. The lowest BCUT2D eigenvalue weighted by molar-refractivity contribution is -0.118. The van der Waals surface area contributed by atoms with Crippen molar-refractivity contribution in [3.63, 3.8) is 0 Å². The van der Waals surface area contributed by atoms with Crippen molar-refractivity contribution in [1.82, 2.24) is 10.6 Å². The summed E-state index contributed by atoms with van der Waals surface area (Å²) in [5, 5.41) is 6.52. The van der Waals surface area contributed by atoms with Gasteiger partial charge in [0.2, 0.25) is 5.91 Å². The summed E-state index contributed by atoms with van der Waals surface area (Å²) in [6.45, 7) is -0.339. The minimum absolute atomic E-state index is 0.142. The predicted molar refractivity (Wildman–Crippen MR) is 57.4 cm³/mol. The second-order valence-electron chi connectivity index (χ2n) is 3.11. The van der Waals surface area contributed by atoms with Gasteiger partial charge in [-0.25, -0.2) is 13.6 Å². The first-order valence-electron chi connectivity index (χ1n) is 4.73. The Balaban J connectivity index is 2.53. The molecule has 3 N–H and O–H groups in total. The van der Waals surface area contributed by atoms with Crippen LogP contribution in [0.15, 0.2) is 18.2 Å². The van der Waals surface area contributed by atoms with Crippen LogP contribution in [-0.4, -0.2) is 25.5 Å². The van der Waals surface area contributed by atoms with E-state index in [0.717, 1.165) is 18.2 Å². The average molecular weight is 243 g/mol. The molecular weight excluding hydrogens is 232 g/mol. The molecule has 0 aromatic heterocycles. The fourth-order valence-electron chi connectivity index (χ4n) is 1.04. The van der Waals surface area contributed by atoms with E-state index in [-0.39, 0.29) is 12.2 Å². The van der Waals surface area contributed by atoms with E-state index >= 15 is 0 Å². The summed E-state index contributed by atoms with van der Waals surface area (Å²) < 4.78 is 25.9. The number of urea groups is 1. The molecule has 0 heterocycles. The third kappa shape index (κ3) is 4.06. The summed E-state index contributed by atoms with van der Waals surface area (Å²) in [6, 6.07) is 2.15. The Labute approximate surface area is 96.2 Å². The molecule has 0 spiro atoms. The van der Waals surface area contributed by atoms with E-state index in [1.165, 1.54) is 7.05 Å². The van der Waals surface area contributed by atoms with Gasteiger partial charge in [0.1, 0.15) is 11.6 Å². The number of carbonyl (C=O) groups is 2. The molecule has 0 radical (unpaired) electrons. The van der Waals surface area contributed by atoms with E-state index in [0.29, 0.717) is 0 Å². The average Bonchev–Trinajstić information content (AvgIpc) is 2.30. The Morgan fingerprint density at radius 2 is 2.00 bits per heavy atom. The van der Waals surface area contributed by atoms with Gasteiger partial charge in [-0.15, -0.1) is 0 Å². The molecule has 0 saturated carbocycles. The summed E-state index contributed by atoms with van der Waals surface area (Å²) in [6.07, 6.45) is 0. The number of amides is 3. The van der Waals surface area contributed by atoms with Crippen molar-refractivity contribution in [2.75, 3.05) is 18.9 Å². The topological polar surface area (TPSA) is 70.2 Å². The van der Waals surface area contributed by atoms with Gasteiger partial charge in [-0.2, -0.15) is 0 Å². The van der Waals surface area contributed by atoms with Crippen LogP contribution >= 0.6 is 0 Å². The molecule has 1 aromatic rings. The van der Waals surface area contributed by atoms with Gasteiger partial charge in [-0.1, -0.05) is 0 Å². The Bertz CT molecular complexity index is 438. The van der Waals surface area contributed by atoms with E-state index in [1.807, 2.05) is 5.32 Å². The van der Waals surface area contributed by atoms with Crippen molar-refractivity contribution in [2.24, 2.45) is 0 Å². The summed E-state index contributed by atoms with van der Waals surface area (Å²) >= 11 is 0. The third-order valence-electron chi connectivity index (χ3n) is 1.85. The molecule has 7 heteroatoms. The number of rotatable bonds is 3. The Morgan fingerprint density at radius 3 is 2.65 bits per heavy atom. The van der Waals surface area contributed by atoms with Crippen molar-refractivity contribution in [3.8, 4) is 0 Å². The molecular formula is C10H11F2N3O2. The van der Waals surface area contributed by atoms with Crippen LogP contribution in [0.2, 0.25) is 0 Å². The molecule has 0 unspecified atom stereocenters. The van der Waals surface area contributed by atoms with E-state index in [1.54, 1.807) is 0 Å². The zero-order valence-corrected chi connectivity index (χ0v) is 9.01. The zero-order chi connectivity index (χ0) is 12.8. The van der Waals surface area contributed by atoms with Gasteiger partial charge in [-0.3, -0.25) is 10.1 Å². The van der Waals surface area contributed by atoms with Gasteiger partial charge in [0.15, 0.2) is 0 Å².